The largest absolute Gasteiger partial charge is 0.374 e. The van der Waals surface area contributed by atoms with Crippen molar-refractivity contribution in [3.8, 4) is 0 Å². The second-order valence-corrected chi connectivity index (χ2v) is 5.53. The van der Waals surface area contributed by atoms with Gasteiger partial charge in [-0.3, -0.25) is 9.89 Å². The summed E-state index contributed by atoms with van der Waals surface area (Å²) in [6.07, 6.45) is 1.42. The van der Waals surface area contributed by atoms with Crippen LogP contribution in [-0.2, 0) is 5.75 Å². The highest BCUT2D eigenvalue weighted by atomic mass is 32.2. The van der Waals surface area contributed by atoms with Crippen LogP contribution < -0.4 is 11.3 Å². The van der Waals surface area contributed by atoms with Crippen molar-refractivity contribution in [3.63, 3.8) is 0 Å². The molecule has 3 aromatic rings. The molecular formula is C8H7N7OS2. The zero-order valence-electron chi connectivity index (χ0n) is 8.90. The lowest BCUT2D eigenvalue weighted by Gasteiger charge is -1.97. The number of aromatic amines is 1. The van der Waals surface area contributed by atoms with Crippen molar-refractivity contribution in [2.24, 2.45) is 0 Å². The predicted molar refractivity (Wildman–Crippen MR) is 67.5 cm³/mol. The molecule has 0 amide bonds. The first-order valence-corrected chi connectivity index (χ1v) is 6.66. The summed E-state index contributed by atoms with van der Waals surface area (Å²) in [6, 6.07) is 1.46. The third-order valence-corrected chi connectivity index (χ3v) is 4.01. The third-order valence-electron chi connectivity index (χ3n) is 2.09. The Morgan fingerprint density at radius 3 is 3.17 bits per heavy atom. The summed E-state index contributed by atoms with van der Waals surface area (Å²) in [4.78, 5) is 19.9. The highest BCUT2D eigenvalue weighted by Crippen LogP contribution is 2.25. The minimum Gasteiger partial charge on any atom is -0.374 e. The number of H-pyrrole nitrogens is 1. The lowest BCUT2D eigenvalue weighted by molar-refractivity contribution is 0.887. The van der Waals surface area contributed by atoms with E-state index in [1.807, 2.05) is 0 Å². The Kier molecular flexibility index (Phi) is 2.72. The van der Waals surface area contributed by atoms with E-state index in [-0.39, 0.29) is 5.56 Å². The fourth-order valence-corrected chi connectivity index (χ4v) is 2.89. The number of anilines is 1. The van der Waals surface area contributed by atoms with Gasteiger partial charge in [-0.1, -0.05) is 23.1 Å². The highest BCUT2D eigenvalue weighted by molar-refractivity contribution is 8.00. The summed E-state index contributed by atoms with van der Waals surface area (Å²) in [6.45, 7) is 0. The van der Waals surface area contributed by atoms with Gasteiger partial charge in [0.25, 0.3) is 11.3 Å². The summed E-state index contributed by atoms with van der Waals surface area (Å²) in [5.74, 6) is 0.877. The Balaban J connectivity index is 1.84. The van der Waals surface area contributed by atoms with Crippen molar-refractivity contribution in [3.05, 3.63) is 28.4 Å². The Bertz CT molecular complexity index is 745. The first-order chi connectivity index (χ1) is 8.72. The molecule has 8 nitrogen and oxygen atoms in total. The quantitative estimate of drug-likeness (QED) is 0.656. The predicted octanol–water partition coefficient (Wildman–Crippen LogP) is 0.144. The van der Waals surface area contributed by atoms with Crippen LogP contribution in [0.25, 0.3) is 5.78 Å². The average molecular weight is 281 g/mol. The van der Waals surface area contributed by atoms with Gasteiger partial charge in [-0.05, 0) is 0 Å². The first kappa shape index (κ1) is 11.2. The SMILES string of the molecule is Nc1nnc(SCc2cc(=O)n3[nH]cnc3n2)s1. The van der Waals surface area contributed by atoms with Gasteiger partial charge >= 0.3 is 0 Å². The number of aromatic nitrogens is 6. The van der Waals surface area contributed by atoms with Crippen molar-refractivity contribution in [2.75, 3.05) is 5.73 Å². The van der Waals surface area contributed by atoms with Crippen LogP contribution >= 0.6 is 23.1 Å². The first-order valence-electron chi connectivity index (χ1n) is 4.86. The smallest absolute Gasteiger partial charge is 0.274 e. The summed E-state index contributed by atoms with van der Waals surface area (Å²) in [5.41, 5.74) is 5.94. The minimum absolute atomic E-state index is 0.190. The summed E-state index contributed by atoms with van der Waals surface area (Å²) < 4.78 is 2.02. The molecule has 18 heavy (non-hydrogen) atoms. The molecule has 3 rings (SSSR count). The number of rotatable bonds is 3. The number of hydrogen-bond acceptors (Lipinski definition) is 8. The van der Waals surface area contributed by atoms with Gasteiger partial charge in [-0.2, -0.15) is 4.52 Å². The average Bonchev–Trinajstić information content (AvgIpc) is 2.95. The molecule has 0 unspecified atom stereocenters. The number of nitrogens with two attached hydrogens (primary N) is 1. The molecule has 10 heteroatoms. The van der Waals surface area contributed by atoms with E-state index in [4.69, 9.17) is 5.73 Å². The second-order valence-electron chi connectivity index (χ2n) is 3.30. The van der Waals surface area contributed by atoms with Crippen molar-refractivity contribution < 1.29 is 0 Å². The standard InChI is InChI=1S/C8H7N7OS2/c9-6-13-14-8(18-6)17-2-4-1-5(16)15-7(12-4)10-3-11-15/h1,3H,2H2,(H2,9,13)(H,10,11,12). The van der Waals surface area contributed by atoms with Gasteiger partial charge in [-0.15, -0.1) is 10.2 Å². The van der Waals surface area contributed by atoms with Crippen LogP contribution in [0.4, 0.5) is 5.13 Å². The fourth-order valence-electron chi connectivity index (χ4n) is 1.36. The van der Waals surface area contributed by atoms with E-state index in [0.717, 1.165) is 4.34 Å². The normalized spacial score (nSPS) is 11.1. The van der Waals surface area contributed by atoms with E-state index in [1.54, 1.807) is 0 Å². The molecule has 3 N–H and O–H groups in total. The molecule has 0 radical (unpaired) electrons. The summed E-state index contributed by atoms with van der Waals surface area (Å²) in [5, 5.41) is 10.7. The highest BCUT2D eigenvalue weighted by Gasteiger charge is 2.07. The number of nitrogens with zero attached hydrogens (tertiary/aromatic N) is 5. The maximum Gasteiger partial charge on any atom is 0.274 e. The number of thioether (sulfide) groups is 1. The molecule has 0 aliphatic carbocycles. The van der Waals surface area contributed by atoms with Crippen LogP contribution in [0.3, 0.4) is 0 Å². The number of hydrogen-bond donors (Lipinski definition) is 2. The van der Waals surface area contributed by atoms with Crippen LogP contribution in [0.2, 0.25) is 0 Å². The van der Waals surface area contributed by atoms with Crippen molar-refractivity contribution in [1.82, 2.24) is 29.8 Å². The van der Waals surface area contributed by atoms with E-state index >= 15 is 0 Å². The lowest BCUT2D eigenvalue weighted by atomic mass is 10.4. The van der Waals surface area contributed by atoms with E-state index in [9.17, 15) is 4.79 Å². The van der Waals surface area contributed by atoms with Crippen LogP contribution in [0, 0.1) is 0 Å². The molecule has 0 fully saturated rings. The molecular weight excluding hydrogens is 274 g/mol. The molecule has 0 saturated heterocycles. The maximum absolute atomic E-state index is 11.7. The molecule has 0 aliphatic rings. The monoisotopic (exact) mass is 281 g/mol. The van der Waals surface area contributed by atoms with Crippen molar-refractivity contribution >= 4 is 34.0 Å². The second kappa shape index (κ2) is 4.38. The van der Waals surface area contributed by atoms with Gasteiger partial charge in [0.05, 0.1) is 5.69 Å². The van der Waals surface area contributed by atoms with E-state index in [1.165, 1.54) is 40.0 Å². The van der Waals surface area contributed by atoms with Crippen molar-refractivity contribution in [2.45, 2.75) is 10.1 Å². The van der Waals surface area contributed by atoms with E-state index in [2.05, 4.69) is 25.3 Å². The fraction of sp³-hybridized carbons (Fsp3) is 0.125. The molecule has 3 heterocycles. The van der Waals surface area contributed by atoms with Crippen LogP contribution in [0.1, 0.15) is 5.69 Å². The van der Waals surface area contributed by atoms with Gasteiger partial charge in [-0.25, -0.2) is 9.97 Å². The summed E-state index contributed by atoms with van der Waals surface area (Å²) in [7, 11) is 0. The van der Waals surface area contributed by atoms with E-state index < -0.39 is 0 Å². The molecule has 0 saturated carbocycles. The summed E-state index contributed by atoms with van der Waals surface area (Å²) >= 11 is 2.73. The van der Waals surface area contributed by atoms with Crippen LogP contribution in [-0.4, -0.2) is 29.8 Å². The molecule has 0 spiro atoms. The Labute approximate surface area is 108 Å². The van der Waals surface area contributed by atoms with Gasteiger partial charge in [0.2, 0.25) is 5.13 Å². The maximum atomic E-state index is 11.7. The van der Waals surface area contributed by atoms with Gasteiger partial charge in [0.1, 0.15) is 6.33 Å². The van der Waals surface area contributed by atoms with Gasteiger partial charge < -0.3 is 5.73 Å². The Morgan fingerprint density at radius 2 is 2.39 bits per heavy atom. The van der Waals surface area contributed by atoms with Gasteiger partial charge in [0, 0.05) is 11.8 Å². The number of fused-ring (bicyclic) bond motifs is 1. The lowest BCUT2D eigenvalue weighted by Crippen LogP contribution is -2.15. The molecule has 0 bridgehead atoms. The van der Waals surface area contributed by atoms with E-state index in [0.29, 0.717) is 22.4 Å². The number of nitrogens with one attached hydrogen (secondary N) is 1. The topological polar surface area (TPSA) is 115 Å². The molecule has 3 aromatic heterocycles. The molecule has 0 aromatic carbocycles. The molecule has 0 aliphatic heterocycles. The van der Waals surface area contributed by atoms with Crippen molar-refractivity contribution in [1.29, 1.82) is 0 Å². The zero-order chi connectivity index (χ0) is 12.5. The molecule has 0 atom stereocenters. The third kappa shape index (κ3) is 2.07. The number of nitrogen functional groups attached to an aromatic ring is 1. The zero-order valence-corrected chi connectivity index (χ0v) is 10.5. The van der Waals surface area contributed by atoms with Gasteiger partial charge in [0.15, 0.2) is 4.34 Å². The molecule has 92 valence electrons. The minimum atomic E-state index is -0.190. The van der Waals surface area contributed by atoms with Crippen LogP contribution in [0.15, 0.2) is 21.5 Å². The Hall–Kier alpha value is -1.94. The van der Waals surface area contributed by atoms with Crippen LogP contribution in [0.5, 0.6) is 0 Å². The Morgan fingerprint density at radius 1 is 1.50 bits per heavy atom.